The van der Waals surface area contributed by atoms with E-state index in [2.05, 4.69) is 15.2 Å². The first-order valence-electron chi connectivity index (χ1n) is 8.43. The van der Waals surface area contributed by atoms with Gasteiger partial charge in [0.1, 0.15) is 0 Å². The first kappa shape index (κ1) is 17.7. The molecule has 0 unspecified atom stereocenters. The van der Waals surface area contributed by atoms with E-state index in [-0.39, 0.29) is 6.03 Å². The fourth-order valence-corrected chi connectivity index (χ4v) is 2.79. The molecule has 23 heavy (non-hydrogen) atoms. The quantitative estimate of drug-likeness (QED) is 0.771. The number of nitrogens with one attached hydrogen (secondary N) is 1. The van der Waals surface area contributed by atoms with Crippen molar-refractivity contribution >= 4 is 6.03 Å². The molecule has 128 valence electrons. The molecule has 1 aliphatic heterocycles. The molecule has 0 radical (unpaired) electrons. The van der Waals surface area contributed by atoms with E-state index in [1.807, 2.05) is 23.1 Å². The minimum absolute atomic E-state index is 0.0414. The highest BCUT2D eigenvalue weighted by atomic mass is 16.5. The molecule has 1 aromatic heterocycles. The van der Waals surface area contributed by atoms with Gasteiger partial charge < -0.3 is 19.9 Å². The van der Waals surface area contributed by atoms with E-state index >= 15 is 0 Å². The third-order valence-corrected chi connectivity index (χ3v) is 4.08. The maximum Gasteiger partial charge on any atom is 0.317 e. The number of pyridine rings is 1. The minimum Gasteiger partial charge on any atom is -0.385 e. The van der Waals surface area contributed by atoms with Crippen molar-refractivity contribution in [1.29, 1.82) is 0 Å². The summed E-state index contributed by atoms with van der Waals surface area (Å²) in [5.41, 5.74) is 1.01. The van der Waals surface area contributed by atoms with Gasteiger partial charge in [0.05, 0.1) is 0 Å². The van der Waals surface area contributed by atoms with Gasteiger partial charge in [0, 0.05) is 64.8 Å². The summed E-state index contributed by atoms with van der Waals surface area (Å²) in [6.07, 6.45) is 4.63. The van der Waals surface area contributed by atoms with Crippen LogP contribution in [0.3, 0.4) is 0 Å². The van der Waals surface area contributed by atoms with Gasteiger partial charge in [-0.05, 0) is 31.5 Å². The van der Waals surface area contributed by atoms with Crippen LogP contribution in [0.2, 0.25) is 0 Å². The molecule has 0 aromatic carbocycles. The summed E-state index contributed by atoms with van der Waals surface area (Å²) in [6, 6.07) is 5.89. The topological polar surface area (TPSA) is 57.7 Å². The number of ether oxygens (including phenoxy) is 1. The third-order valence-electron chi connectivity index (χ3n) is 4.08. The number of nitrogens with zero attached hydrogens (tertiary/aromatic N) is 3. The van der Waals surface area contributed by atoms with Crippen LogP contribution in [0.25, 0.3) is 0 Å². The number of hydrogen-bond donors (Lipinski definition) is 1. The summed E-state index contributed by atoms with van der Waals surface area (Å²) >= 11 is 0. The number of rotatable bonds is 7. The van der Waals surface area contributed by atoms with Crippen molar-refractivity contribution in [2.45, 2.75) is 19.3 Å². The van der Waals surface area contributed by atoms with E-state index in [1.54, 1.807) is 13.3 Å². The molecule has 0 spiro atoms. The molecule has 2 amide bonds. The molecule has 1 saturated heterocycles. The Morgan fingerprint density at radius 1 is 1.30 bits per heavy atom. The molecular formula is C17H28N4O2. The maximum absolute atomic E-state index is 12.3. The SMILES string of the molecule is COCCCN1CCCN(C(=O)NCCc2ccccn2)CC1. The summed E-state index contributed by atoms with van der Waals surface area (Å²) in [4.78, 5) is 20.9. The third kappa shape index (κ3) is 6.54. The van der Waals surface area contributed by atoms with Gasteiger partial charge in [-0.1, -0.05) is 6.07 Å². The Balaban J connectivity index is 1.66. The first-order chi connectivity index (χ1) is 11.3. The van der Waals surface area contributed by atoms with E-state index in [1.165, 1.54) is 0 Å². The highest BCUT2D eigenvalue weighted by molar-refractivity contribution is 5.74. The summed E-state index contributed by atoms with van der Waals surface area (Å²) in [6.45, 7) is 6.10. The molecule has 1 aliphatic rings. The van der Waals surface area contributed by atoms with Crippen LogP contribution >= 0.6 is 0 Å². The predicted molar refractivity (Wildman–Crippen MR) is 90.5 cm³/mol. The summed E-state index contributed by atoms with van der Waals surface area (Å²) in [5, 5.41) is 3.00. The first-order valence-corrected chi connectivity index (χ1v) is 8.43. The summed E-state index contributed by atoms with van der Waals surface area (Å²) in [5.74, 6) is 0. The van der Waals surface area contributed by atoms with Crippen molar-refractivity contribution in [3.63, 3.8) is 0 Å². The molecule has 6 heteroatoms. The Kier molecular flexibility index (Phi) is 7.83. The van der Waals surface area contributed by atoms with Crippen LogP contribution in [-0.4, -0.2) is 73.8 Å². The zero-order valence-corrected chi connectivity index (χ0v) is 14.0. The number of carbonyl (C=O) groups is 1. The highest BCUT2D eigenvalue weighted by Crippen LogP contribution is 2.04. The number of amides is 2. The van der Waals surface area contributed by atoms with E-state index < -0.39 is 0 Å². The summed E-state index contributed by atoms with van der Waals surface area (Å²) < 4.78 is 5.10. The molecule has 2 heterocycles. The molecule has 1 N–H and O–H groups in total. The molecule has 0 bridgehead atoms. The lowest BCUT2D eigenvalue weighted by molar-refractivity contribution is 0.171. The van der Waals surface area contributed by atoms with E-state index in [9.17, 15) is 4.79 Å². The van der Waals surface area contributed by atoms with Crippen molar-refractivity contribution in [3.05, 3.63) is 30.1 Å². The number of carbonyl (C=O) groups excluding carboxylic acids is 1. The van der Waals surface area contributed by atoms with E-state index in [0.717, 1.165) is 64.3 Å². The van der Waals surface area contributed by atoms with E-state index in [0.29, 0.717) is 6.54 Å². The van der Waals surface area contributed by atoms with Gasteiger partial charge in [-0.3, -0.25) is 4.98 Å². The van der Waals surface area contributed by atoms with Gasteiger partial charge in [-0.25, -0.2) is 4.79 Å². The smallest absolute Gasteiger partial charge is 0.317 e. The molecule has 2 rings (SSSR count). The maximum atomic E-state index is 12.3. The monoisotopic (exact) mass is 320 g/mol. The second kappa shape index (κ2) is 10.2. The molecule has 0 saturated carbocycles. The van der Waals surface area contributed by atoms with Crippen molar-refractivity contribution in [2.24, 2.45) is 0 Å². The normalized spacial score (nSPS) is 16.1. The Hall–Kier alpha value is -1.66. The molecule has 0 atom stereocenters. The largest absolute Gasteiger partial charge is 0.385 e. The average Bonchev–Trinajstić information content (AvgIpc) is 2.82. The van der Waals surface area contributed by atoms with Crippen LogP contribution in [0.1, 0.15) is 18.5 Å². The Labute approximate surface area is 138 Å². The number of urea groups is 1. The van der Waals surface area contributed by atoms with Gasteiger partial charge >= 0.3 is 6.03 Å². The van der Waals surface area contributed by atoms with Gasteiger partial charge in [0.2, 0.25) is 0 Å². The van der Waals surface area contributed by atoms with Gasteiger partial charge in [0.15, 0.2) is 0 Å². The lowest BCUT2D eigenvalue weighted by Gasteiger charge is -2.22. The van der Waals surface area contributed by atoms with Crippen LogP contribution in [-0.2, 0) is 11.2 Å². The van der Waals surface area contributed by atoms with Gasteiger partial charge in [-0.15, -0.1) is 0 Å². The second-order valence-corrected chi connectivity index (χ2v) is 5.83. The summed E-state index contributed by atoms with van der Waals surface area (Å²) in [7, 11) is 1.74. The number of methoxy groups -OCH3 is 1. The zero-order chi connectivity index (χ0) is 16.3. The van der Waals surface area contributed by atoms with Crippen LogP contribution in [0.4, 0.5) is 4.79 Å². The van der Waals surface area contributed by atoms with Crippen molar-refractivity contribution in [2.75, 3.05) is 53.0 Å². The molecule has 1 aromatic rings. The minimum atomic E-state index is 0.0414. The Bertz CT molecular complexity index is 455. The fourth-order valence-electron chi connectivity index (χ4n) is 2.79. The average molecular weight is 320 g/mol. The van der Waals surface area contributed by atoms with Gasteiger partial charge in [0.25, 0.3) is 0 Å². The highest BCUT2D eigenvalue weighted by Gasteiger charge is 2.18. The lowest BCUT2D eigenvalue weighted by atomic mass is 10.3. The van der Waals surface area contributed by atoms with Gasteiger partial charge in [-0.2, -0.15) is 0 Å². The van der Waals surface area contributed by atoms with Crippen LogP contribution in [0.15, 0.2) is 24.4 Å². The zero-order valence-electron chi connectivity index (χ0n) is 14.0. The van der Waals surface area contributed by atoms with E-state index in [4.69, 9.17) is 4.74 Å². The molecule has 0 aliphatic carbocycles. The van der Waals surface area contributed by atoms with Crippen LogP contribution in [0, 0.1) is 0 Å². The van der Waals surface area contributed by atoms with Crippen molar-refractivity contribution in [3.8, 4) is 0 Å². The standard InChI is InChI=1S/C17H28N4O2/c1-23-15-5-11-20-10-4-12-21(14-13-20)17(22)19-9-7-16-6-2-3-8-18-16/h2-3,6,8H,4-5,7,9-15H2,1H3,(H,19,22). The lowest BCUT2D eigenvalue weighted by Crippen LogP contribution is -2.42. The molecule has 6 nitrogen and oxygen atoms in total. The number of hydrogen-bond acceptors (Lipinski definition) is 4. The number of aromatic nitrogens is 1. The fraction of sp³-hybridized carbons (Fsp3) is 0.647. The second-order valence-electron chi connectivity index (χ2n) is 5.83. The molecule has 1 fully saturated rings. The van der Waals surface area contributed by atoms with Crippen molar-refractivity contribution < 1.29 is 9.53 Å². The predicted octanol–water partition coefficient (Wildman–Crippen LogP) is 1.38. The van der Waals surface area contributed by atoms with Crippen LogP contribution < -0.4 is 5.32 Å². The molecular weight excluding hydrogens is 292 g/mol. The van der Waals surface area contributed by atoms with Crippen LogP contribution in [0.5, 0.6) is 0 Å². The van der Waals surface area contributed by atoms with Crippen molar-refractivity contribution in [1.82, 2.24) is 20.1 Å². The Morgan fingerprint density at radius 2 is 2.22 bits per heavy atom. The Morgan fingerprint density at radius 3 is 3.00 bits per heavy atom.